The number of rotatable bonds is 4. The van der Waals surface area contributed by atoms with Crippen LogP contribution in [0.4, 0.5) is 0 Å². The van der Waals surface area contributed by atoms with Gasteiger partial charge in [0.2, 0.25) is 0 Å². The van der Waals surface area contributed by atoms with Gasteiger partial charge >= 0.3 is 5.97 Å². The van der Waals surface area contributed by atoms with Crippen LogP contribution in [0, 0.1) is 0 Å². The van der Waals surface area contributed by atoms with Crippen LogP contribution in [-0.4, -0.2) is 45.0 Å². The van der Waals surface area contributed by atoms with Crippen LogP contribution in [0.5, 0.6) is 11.5 Å². The first-order chi connectivity index (χ1) is 7.93. The Morgan fingerprint density at radius 3 is 2.12 bits per heavy atom. The van der Waals surface area contributed by atoms with E-state index >= 15 is 0 Å². The van der Waals surface area contributed by atoms with Crippen molar-refractivity contribution in [1.82, 2.24) is 5.32 Å². The van der Waals surface area contributed by atoms with Crippen LogP contribution in [-0.2, 0) is 4.79 Å². The van der Waals surface area contributed by atoms with Gasteiger partial charge in [0.25, 0.3) is 5.91 Å². The number of aliphatic hydroxyl groups excluding tert-OH is 1. The fourth-order valence-corrected chi connectivity index (χ4v) is 1.15. The molecule has 0 spiro atoms. The number of carbonyl (C=O) groups excluding carboxylic acids is 1. The van der Waals surface area contributed by atoms with Crippen LogP contribution >= 0.6 is 0 Å². The third-order valence-electron chi connectivity index (χ3n) is 1.95. The Labute approximate surface area is 95.9 Å². The molecule has 0 aliphatic rings. The van der Waals surface area contributed by atoms with Gasteiger partial charge in [-0.1, -0.05) is 0 Å². The number of phenols is 2. The number of nitrogens with one attached hydrogen (secondary N) is 1. The zero-order valence-corrected chi connectivity index (χ0v) is 8.62. The summed E-state index contributed by atoms with van der Waals surface area (Å²) in [6.07, 6.45) is 0. The zero-order chi connectivity index (χ0) is 13.0. The van der Waals surface area contributed by atoms with Crippen LogP contribution in [0.15, 0.2) is 18.2 Å². The molecule has 17 heavy (non-hydrogen) atoms. The third kappa shape index (κ3) is 3.35. The van der Waals surface area contributed by atoms with Crippen molar-refractivity contribution >= 4 is 11.9 Å². The highest BCUT2D eigenvalue weighted by Crippen LogP contribution is 2.20. The molecule has 1 unspecified atom stereocenters. The van der Waals surface area contributed by atoms with E-state index in [4.69, 9.17) is 20.4 Å². The maximum atomic E-state index is 11.5. The lowest BCUT2D eigenvalue weighted by molar-refractivity contribution is -0.140. The summed E-state index contributed by atoms with van der Waals surface area (Å²) in [6.45, 7) is -0.758. The molecule has 1 aromatic rings. The fraction of sp³-hybridized carbons (Fsp3) is 0.200. The predicted octanol–water partition coefficient (Wildman–Crippen LogP) is -0.727. The lowest BCUT2D eigenvalue weighted by Gasteiger charge is -2.11. The molecule has 7 nitrogen and oxygen atoms in total. The Kier molecular flexibility index (Phi) is 3.89. The molecule has 0 heterocycles. The van der Waals surface area contributed by atoms with Crippen LogP contribution in [0.3, 0.4) is 0 Å². The average molecular weight is 241 g/mol. The van der Waals surface area contributed by atoms with Crippen LogP contribution < -0.4 is 5.32 Å². The summed E-state index contributed by atoms with van der Waals surface area (Å²) in [5.41, 5.74) is -0.109. The van der Waals surface area contributed by atoms with Gasteiger partial charge in [-0.05, 0) is 12.1 Å². The molecular weight excluding hydrogens is 230 g/mol. The van der Waals surface area contributed by atoms with Crippen molar-refractivity contribution in [2.75, 3.05) is 6.61 Å². The minimum atomic E-state index is -1.44. The van der Waals surface area contributed by atoms with E-state index in [2.05, 4.69) is 0 Å². The van der Waals surface area contributed by atoms with E-state index in [-0.39, 0.29) is 17.1 Å². The van der Waals surface area contributed by atoms with E-state index in [9.17, 15) is 9.59 Å². The first-order valence-corrected chi connectivity index (χ1v) is 4.61. The van der Waals surface area contributed by atoms with Crippen molar-refractivity contribution in [3.8, 4) is 11.5 Å². The summed E-state index contributed by atoms with van der Waals surface area (Å²) in [7, 11) is 0. The minimum absolute atomic E-state index is 0.109. The minimum Gasteiger partial charge on any atom is -0.508 e. The van der Waals surface area contributed by atoms with Gasteiger partial charge < -0.3 is 25.7 Å². The van der Waals surface area contributed by atoms with Crippen LogP contribution in [0.25, 0.3) is 0 Å². The Morgan fingerprint density at radius 2 is 1.71 bits per heavy atom. The smallest absolute Gasteiger partial charge is 0.328 e. The number of benzene rings is 1. The molecule has 1 amide bonds. The van der Waals surface area contributed by atoms with Gasteiger partial charge in [-0.3, -0.25) is 4.79 Å². The SMILES string of the molecule is O=C(NC(CO)C(=O)O)c1cc(O)cc(O)c1. The maximum absolute atomic E-state index is 11.5. The van der Waals surface area contributed by atoms with E-state index in [0.29, 0.717) is 0 Å². The number of phenolic OH excluding ortho intramolecular Hbond substituents is 2. The number of carboxylic acids is 1. The quantitative estimate of drug-likeness (QED) is 0.473. The van der Waals surface area contributed by atoms with Crippen LogP contribution in [0.1, 0.15) is 10.4 Å². The van der Waals surface area contributed by atoms with Crippen molar-refractivity contribution in [2.24, 2.45) is 0 Å². The van der Waals surface area contributed by atoms with Gasteiger partial charge in [-0.2, -0.15) is 0 Å². The zero-order valence-electron chi connectivity index (χ0n) is 8.62. The second-order valence-corrected chi connectivity index (χ2v) is 3.28. The average Bonchev–Trinajstić information content (AvgIpc) is 2.23. The molecule has 92 valence electrons. The van der Waals surface area contributed by atoms with E-state index in [1.165, 1.54) is 0 Å². The Hall–Kier alpha value is -2.28. The number of aliphatic carboxylic acids is 1. The highest BCUT2D eigenvalue weighted by Gasteiger charge is 2.20. The monoisotopic (exact) mass is 241 g/mol. The first-order valence-electron chi connectivity index (χ1n) is 4.61. The van der Waals surface area contributed by atoms with Crippen molar-refractivity contribution in [1.29, 1.82) is 0 Å². The maximum Gasteiger partial charge on any atom is 0.328 e. The summed E-state index contributed by atoms with van der Waals surface area (Å²) in [5, 5.41) is 37.6. The van der Waals surface area contributed by atoms with E-state index < -0.39 is 24.5 Å². The normalized spacial score (nSPS) is 11.8. The number of carboxylic acid groups (broad SMARTS) is 1. The van der Waals surface area contributed by atoms with Gasteiger partial charge in [0, 0.05) is 11.6 Å². The molecule has 5 N–H and O–H groups in total. The highest BCUT2D eigenvalue weighted by atomic mass is 16.4. The number of carbonyl (C=O) groups is 2. The highest BCUT2D eigenvalue weighted by molar-refractivity contribution is 5.97. The van der Waals surface area contributed by atoms with Gasteiger partial charge in [0.1, 0.15) is 11.5 Å². The number of aromatic hydroxyl groups is 2. The summed E-state index contributed by atoms with van der Waals surface area (Å²) in [5.74, 6) is -2.86. The van der Waals surface area contributed by atoms with Crippen molar-refractivity contribution in [2.45, 2.75) is 6.04 Å². The van der Waals surface area contributed by atoms with E-state index in [1.54, 1.807) is 0 Å². The Morgan fingerprint density at radius 1 is 1.18 bits per heavy atom. The summed E-state index contributed by atoms with van der Waals surface area (Å²) < 4.78 is 0. The molecule has 1 atom stereocenters. The number of aliphatic hydroxyl groups is 1. The fourth-order valence-electron chi connectivity index (χ4n) is 1.15. The molecule has 1 aromatic carbocycles. The molecule has 0 aliphatic heterocycles. The topological polar surface area (TPSA) is 127 Å². The predicted molar refractivity (Wildman–Crippen MR) is 55.7 cm³/mol. The Bertz CT molecular complexity index is 424. The molecule has 0 saturated heterocycles. The van der Waals surface area contributed by atoms with Crippen molar-refractivity contribution < 1.29 is 30.0 Å². The molecule has 0 saturated carbocycles. The second-order valence-electron chi connectivity index (χ2n) is 3.28. The summed E-state index contributed by atoms with van der Waals surface area (Å²) in [4.78, 5) is 22.1. The molecule has 0 fully saturated rings. The molecule has 0 radical (unpaired) electrons. The van der Waals surface area contributed by atoms with Crippen molar-refractivity contribution in [3.63, 3.8) is 0 Å². The van der Waals surface area contributed by atoms with Crippen LogP contribution in [0.2, 0.25) is 0 Å². The van der Waals surface area contributed by atoms with Gasteiger partial charge in [0.15, 0.2) is 6.04 Å². The van der Waals surface area contributed by atoms with Gasteiger partial charge in [-0.15, -0.1) is 0 Å². The molecule has 0 aliphatic carbocycles. The molecular formula is C10H11NO6. The van der Waals surface area contributed by atoms with E-state index in [0.717, 1.165) is 18.2 Å². The first kappa shape index (κ1) is 12.8. The third-order valence-corrected chi connectivity index (χ3v) is 1.95. The summed E-state index contributed by atoms with van der Waals surface area (Å²) >= 11 is 0. The number of hydrogen-bond acceptors (Lipinski definition) is 5. The lowest BCUT2D eigenvalue weighted by Crippen LogP contribution is -2.43. The lowest BCUT2D eigenvalue weighted by atomic mass is 10.1. The second kappa shape index (κ2) is 5.17. The van der Waals surface area contributed by atoms with Gasteiger partial charge in [-0.25, -0.2) is 4.79 Å². The van der Waals surface area contributed by atoms with Gasteiger partial charge in [0.05, 0.1) is 6.61 Å². The Balaban J connectivity index is 2.86. The van der Waals surface area contributed by atoms with Crippen molar-refractivity contribution in [3.05, 3.63) is 23.8 Å². The summed E-state index contributed by atoms with van der Waals surface area (Å²) in [6, 6.07) is 1.71. The van der Waals surface area contributed by atoms with E-state index in [1.807, 2.05) is 5.32 Å². The molecule has 1 rings (SSSR count). The number of hydrogen-bond donors (Lipinski definition) is 5. The molecule has 0 aromatic heterocycles. The largest absolute Gasteiger partial charge is 0.508 e. The molecule has 0 bridgehead atoms. The standard InChI is InChI=1S/C10H11NO6/c12-4-8(10(16)17)11-9(15)5-1-6(13)3-7(14)2-5/h1-3,8,12-14H,4H2,(H,11,15)(H,16,17). The number of amides is 1. The molecule has 7 heteroatoms.